The molecule has 1 aliphatic heterocycles. The molecule has 0 saturated carbocycles. The third kappa shape index (κ3) is 4.81. The van der Waals surface area contributed by atoms with E-state index in [0.717, 1.165) is 42.4 Å². The molecule has 0 N–H and O–H groups in total. The maximum Gasteiger partial charge on any atom is 0.433 e. The Labute approximate surface area is 196 Å². The van der Waals surface area contributed by atoms with Gasteiger partial charge in [0.05, 0.1) is 24.1 Å². The van der Waals surface area contributed by atoms with Crippen LogP contribution in [0.1, 0.15) is 72.4 Å². The van der Waals surface area contributed by atoms with E-state index in [1.807, 2.05) is 25.1 Å². The lowest BCUT2D eigenvalue weighted by Crippen LogP contribution is -2.23. The lowest BCUT2D eigenvalue weighted by atomic mass is 9.95. The fraction of sp³-hybridized carbons (Fsp3) is 0.385. The zero-order valence-electron chi connectivity index (χ0n) is 19.3. The average Bonchev–Trinajstić information content (AvgIpc) is 3.46. The van der Waals surface area contributed by atoms with Crippen LogP contribution in [-0.4, -0.2) is 38.6 Å². The van der Waals surface area contributed by atoms with Gasteiger partial charge in [0.2, 0.25) is 0 Å². The number of benzene rings is 1. The second kappa shape index (κ2) is 9.91. The first-order chi connectivity index (χ1) is 16.3. The van der Waals surface area contributed by atoms with Crippen molar-refractivity contribution < 1.29 is 18.0 Å². The topological polar surface area (TPSA) is 59.6 Å². The Balaban J connectivity index is 1.61. The largest absolute Gasteiger partial charge is 0.433 e. The maximum atomic E-state index is 13.4. The zero-order valence-corrected chi connectivity index (χ0v) is 19.3. The molecule has 8 heteroatoms. The standard InChI is InChI=1S/C26H27F3N4O/c1-3-5-6-7-23(34)19-9-8-17(14-18(19)4-2)15-21-25-32-16-22(33(25)13-12-30-21)20-10-11-31-24(20)26(27,28)29/h8-10,12-14,16H,3-7,11,15H2,1-2H3. The number of allylic oxidation sites excluding steroid dienone is 1. The Morgan fingerprint density at radius 2 is 1.97 bits per heavy atom. The fourth-order valence-corrected chi connectivity index (χ4v) is 4.36. The van der Waals surface area contributed by atoms with Crippen LogP contribution in [0.3, 0.4) is 0 Å². The van der Waals surface area contributed by atoms with Crippen LogP contribution in [0.15, 0.2) is 47.9 Å². The van der Waals surface area contributed by atoms with Crippen LogP contribution in [0.2, 0.25) is 0 Å². The van der Waals surface area contributed by atoms with Gasteiger partial charge in [0.15, 0.2) is 11.4 Å². The summed E-state index contributed by atoms with van der Waals surface area (Å²) in [5.74, 6) is 0.168. The number of alkyl halides is 3. The Morgan fingerprint density at radius 3 is 2.71 bits per heavy atom. The molecule has 0 aliphatic carbocycles. The van der Waals surface area contributed by atoms with Crippen molar-refractivity contribution in [2.24, 2.45) is 4.99 Å². The van der Waals surface area contributed by atoms with Crippen LogP contribution < -0.4 is 0 Å². The summed E-state index contributed by atoms with van der Waals surface area (Å²) in [6.07, 6.45) is 6.33. The highest BCUT2D eigenvalue weighted by molar-refractivity contribution is 6.27. The number of aliphatic imine (C=N–C) groups is 1. The van der Waals surface area contributed by atoms with Crippen molar-refractivity contribution in [3.8, 4) is 0 Å². The van der Waals surface area contributed by atoms with Gasteiger partial charge in [-0.1, -0.05) is 51.0 Å². The lowest BCUT2D eigenvalue weighted by molar-refractivity contribution is -0.0571. The minimum atomic E-state index is -4.52. The molecule has 0 fully saturated rings. The summed E-state index contributed by atoms with van der Waals surface area (Å²) in [6.45, 7) is 4.14. The van der Waals surface area contributed by atoms with Gasteiger partial charge in [0, 0.05) is 36.4 Å². The number of aryl methyl sites for hydroxylation is 1. The molecule has 0 bridgehead atoms. The molecular formula is C26H27F3N4O. The number of carbonyl (C=O) groups excluding carboxylic acids is 1. The van der Waals surface area contributed by atoms with Crippen molar-refractivity contribution >= 4 is 22.7 Å². The first-order valence-electron chi connectivity index (χ1n) is 11.6. The van der Waals surface area contributed by atoms with Crippen LogP contribution in [0.5, 0.6) is 0 Å². The molecule has 0 atom stereocenters. The van der Waals surface area contributed by atoms with E-state index in [0.29, 0.717) is 29.9 Å². The molecule has 3 aromatic rings. The molecule has 0 saturated heterocycles. The first kappa shape index (κ1) is 23.9. The second-order valence-corrected chi connectivity index (χ2v) is 8.42. The van der Waals surface area contributed by atoms with Gasteiger partial charge in [-0.15, -0.1) is 0 Å². The van der Waals surface area contributed by atoms with E-state index in [9.17, 15) is 18.0 Å². The molecule has 3 heterocycles. The van der Waals surface area contributed by atoms with Crippen LogP contribution in [0.25, 0.3) is 11.2 Å². The van der Waals surface area contributed by atoms with Gasteiger partial charge >= 0.3 is 6.18 Å². The SMILES string of the molecule is CCCCCC(=O)c1ccc(Cc2nccn3c(C4=CCN=C4C(F)(F)F)cnc23)cc1CC. The van der Waals surface area contributed by atoms with Gasteiger partial charge in [-0.25, -0.2) is 4.98 Å². The van der Waals surface area contributed by atoms with E-state index < -0.39 is 11.9 Å². The number of unbranched alkanes of at least 4 members (excludes halogenated alkanes) is 2. The van der Waals surface area contributed by atoms with Gasteiger partial charge in [0.25, 0.3) is 0 Å². The highest BCUT2D eigenvalue weighted by Crippen LogP contribution is 2.32. The van der Waals surface area contributed by atoms with Gasteiger partial charge in [-0.05, 0) is 24.0 Å². The maximum absolute atomic E-state index is 13.4. The van der Waals surface area contributed by atoms with Crippen LogP contribution in [-0.2, 0) is 12.8 Å². The van der Waals surface area contributed by atoms with Crippen LogP contribution >= 0.6 is 0 Å². The molecule has 5 nitrogen and oxygen atoms in total. The van der Waals surface area contributed by atoms with Crippen molar-refractivity contribution in [2.45, 2.75) is 58.5 Å². The van der Waals surface area contributed by atoms with E-state index in [-0.39, 0.29) is 17.9 Å². The third-order valence-corrected chi connectivity index (χ3v) is 6.08. The first-order valence-corrected chi connectivity index (χ1v) is 11.6. The number of rotatable bonds is 9. The number of hydrogen-bond donors (Lipinski definition) is 0. The quantitative estimate of drug-likeness (QED) is 0.284. The summed E-state index contributed by atoms with van der Waals surface area (Å²) in [7, 11) is 0. The van der Waals surface area contributed by atoms with E-state index in [4.69, 9.17) is 0 Å². The summed E-state index contributed by atoms with van der Waals surface area (Å²) in [4.78, 5) is 25.1. The molecule has 34 heavy (non-hydrogen) atoms. The predicted molar refractivity (Wildman–Crippen MR) is 126 cm³/mol. The minimum Gasteiger partial charge on any atom is -0.297 e. The molecule has 4 rings (SSSR count). The molecule has 0 radical (unpaired) electrons. The monoisotopic (exact) mass is 468 g/mol. The highest BCUT2D eigenvalue weighted by Gasteiger charge is 2.40. The van der Waals surface area contributed by atoms with Crippen LogP contribution in [0, 0.1) is 0 Å². The number of nitrogens with zero attached hydrogens (tertiary/aromatic N) is 4. The van der Waals surface area contributed by atoms with Crippen molar-refractivity contribution in [1.29, 1.82) is 0 Å². The Bertz CT molecular complexity index is 1270. The normalized spacial score (nSPS) is 13.9. The average molecular weight is 469 g/mol. The molecule has 1 aromatic carbocycles. The lowest BCUT2D eigenvalue weighted by Gasteiger charge is -2.12. The smallest absolute Gasteiger partial charge is 0.297 e. The molecule has 178 valence electrons. The second-order valence-electron chi connectivity index (χ2n) is 8.42. The Hall–Kier alpha value is -3.29. The summed E-state index contributed by atoms with van der Waals surface area (Å²) in [5.41, 5.74) is 3.41. The summed E-state index contributed by atoms with van der Waals surface area (Å²) >= 11 is 0. The molecule has 0 amide bonds. The number of ketones is 1. The summed E-state index contributed by atoms with van der Waals surface area (Å²) in [6, 6.07) is 5.83. The molecule has 0 unspecified atom stereocenters. The van der Waals surface area contributed by atoms with E-state index in [2.05, 4.69) is 21.9 Å². The van der Waals surface area contributed by atoms with Crippen molar-refractivity contribution in [2.75, 3.05) is 6.54 Å². The van der Waals surface area contributed by atoms with E-state index >= 15 is 0 Å². The summed E-state index contributed by atoms with van der Waals surface area (Å²) < 4.78 is 41.8. The number of Topliss-reactive ketones (excluding diaryl/α,β-unsaturated/α-hetero) is 1. The van der Waals surface area contributed by atoms with Crippen LogP contribution in [0.4, 0.5) is 13.2 Å². The Morgan fingerprint density at radius 1 is 1.15 bits per heavy atom. The fourth-order valence-electron chi connectivity index (χ4n) is 4.36. The van der Waals surface area contributed by atoms with E-state index in [1.54, 1.807) is 16.8 Å². The number of hydrogen-bond acceptors (Lipinski definition) is 4. The number of imidazole rings is 1. The third-order valence-electron chi connectivity index (χ3n) is 6.08. The zero-order chi connectivity index (χ0) is 24.3. The van der Waals surface area contributed by atoms with Gasteiger partial charge in [-0.2, -0.15) is 13.2 Å². The van der Waals surface area contributed by atoms with E-state index in [1.165, 1.54) is 12.3 Å². The summed E-state index contributed by atoms with van der Waals surface area (Å²) in [5, 5.41) is 0. The number of halogens is 3. The molecule has 1 aliphatic rings. The molecule has 2 aromatic heterocycles. The molecular weight excluding hydrogens is 441 g/mol. The number of carbonyl (C=O) groups is 1. The minimum absolute atomic E-state index is 0.00133. The van der Waals surface area contributed by atoms with Gasteiger partial charge < -0.3 is 0 Å². The number of aromatic nitrogens is 3. The van der Waals surface area contributed by atoms with Gasteiger partial charge in [0.1, 0.15) is 5.71 Å². The van der Waals surface area contributed by atoms with Crippen molar-refractivity contribution in [3.63, 3.8) is 0 Å². The van der Waals surface area contributed by atoms with Gasteiger partial charge in [-0.3, -0.25) is 19.2 Å². The molecule has 0 spiro atoms. The Kier molecular flexibility index (Phi) is 6.95. The van der Waals surface area contributed by atoms with Crippen molar-refractivity contribution in [3.05, 3.63) is 70.9 Å². The predicted octanol–water partition coefficient (Wildman–Crippen LogP) is 6.05. The van der Waals surface area contributed by atoms with Crippen molar-refractivity contribution in [1.82, 2.24) is 14.4 Å². The highest BCUT2D eigenvalue weighted by atomic mass is 19.4. The number of fused-ring (bicyclic) bond motifs is 1.